The number of anilines is 1. The zero-order chi connectivity index (χ0) is 23.1. The molecule has 0 atom stereocenters. The first-order valence-electron chi connectivity index (χ1n) is 11.8. The zero-order valence-electron chi connectivity index (χ0n) is 18.8. The predicted octanol–water partition coefficient (Wildman–Crippen LogP) is 4.46. The third-order valence-electron chi connectivity index (χ3n) is 7.01. The van der Waals surface area contributed by atoms with Crippen molar-refractivity contribution in [2.75, 3.05) is 44.5 Å². The molecule has 0 aliphatic carbocycles. The first-order chi connectivity index (χ1) is 16.7. The highest BCUT2D eigenvalue weighted by Gasteiger charge is 2.30. The molecule has 0 saturated carbocycles. The predicted molar refractivity (Wildman–Crippen MR) is 122 cm³/mol. The molecule has 0 radical (unpaired) electrons. The number of nitrogens with zero attached hydrogens (tertiary/aromatic N) is 3. The Bertz CT molecular complexity index is 1220. The van der Waals surface area contributed by atoms with E-state index in [0.29, 0.717) is 25.3 Å². The van der Waals surface area contributed by atoms with Crippen molar-refractivity contribution in [3.8, 4) is 11.5 Å². The van der Waals surface area contributed by atoms with Crippen molar-refractivity contribution in [2.45, 2.75) is 31.6 Å². The van der Waals surface area contributed by atoms with Gasteiger partial charge in [-0.05, 0) is 63.0 Å². The third-order valence-corrected chi connectivity index (χ3v) is 7.01. The summed E-state index contributed by atoms with van der Waals surface area (Å²) in [5, 5.41) is 5.10. The van der Waals surface area contributed by atoms with E-state index in [-0.39, 0.29) is 24.6 Å². The van der Waals surface area contributed by atoms with Gasteiger partial charge in [0.2, 0.25) is 6.79 Å². The molecule has 1 saturated heterocycles. The lowest BCUT2D eigenvalue weighted by molar-refractivity contribution is 0.122. The van der Waals surface area contributed by atoms with Gasteiger partial charge in [0, 0.05) is 36.0 Å². The molecule has 1 aromatic heterocycles. The number of ether oxygens (including phenoxy) is 3. The van der Waals surface area contributed by atoms with Crippen LogP contribution in [-0.4, -0.2) is 55.7 Å². The van der Waals surface area contributed by atoms with Crippen molar-refractivity contribution in [1.29, 1.82) is 0 Å². The number of rotatable bonds is 4. The summed E-state index contributed by atoms with van der Waals surface area (Å²) in [5.41, 5.74) is 3.27. The van der Waals surface area contributed by atoms with Crippen LogP contribution in [0.5, 0.6) is 11.5 Å². The summed E-state index contributed by atoms with van der Waals surface area (Å²) in [7, 11) is 0. The van der Waals surface area contributed by atoms with Gasteiger partial charge in [0.15, 0.2) is 17.1 Å². The van der Waals surface area contributed by atoms with E-state index >= 15 is 0 Å². The van der Waals surface area contributed by atoms with Crippen molar-refractivity contribution in [3.05, 3.63) is 47.4 Å². The average molecular weight is 467 g/mol. The number of hydrogen-bond acceptors (Lipinski definition) is 7. The highest BCUT2D eigenvalue weighted by atomic mass is 19.1. The monoisotopic (exact) mass is 467 g/mol. The van der Waals surface area contributed by atoms with Gasteiger partial charge in [-0.15, -0.1) is 0 Å². The Labute approximate surface area is 196 Å². The SMILES string of the molecule is O=C(OCCN1CCC(c2noc3cc(F)ccc23)CC1)N1CCCc2c1ccc1c2OCO1. The molecular formula is C25H26FN3O5. The second kappa shape index (κ2) is 8.79. The van der Waals surface area contributed by atoms with Gasteiger partial charge in [0.25, 0.3) is 0 Å². The zero-order valence-corrected chi connectivity index (χ0v) is 18.8. The molecule has 34 heavy (non-hydrogen) atoms. The van der Waals surface area contributed by atoms with E-state index in [1.165, 1.54) is 12.1 Å². The van der Waals surface area contributed by atoms with Crippen molar-refractivity contribution in [2.24, 2.45) is 0 Å². The van der Waals surface area contributed by atoms with Crippen molar-refractivity contribution >= 4 is 22.7 Å². The Morgan fingerprint density at radius 2 is 2.03 bits per heavy atom. The van der Waals surface area contributed by atoms with E-state index in [1.54, 1.807) is 11.0 Å². The van der Waals surface area contributed by atoms with Crippen LogP contribution in [0.2, 0.25) is 0 Å². The number of halogens is 1. The smallest absolute Gasteiger partial charge is 0.414 e. The minimum absolute atomic E-state index is 0.221. The summed E-state index contributed by atoms with van der Waals surface area (Å²) < 4.78 is 35.5. The lowest BCUT2D eigenvalue weighted by Crippen LogP contribution is -2.39. The number of amides is 1. The number of likely N-dealkylation sites (tertiary alicyclic amines) is 1. The van der Waals surface area contributed by atoms with Crippen LogP contribution >= 0.6 is 0 Å². The highest BCUT2D eigenvalue weighted by molar-refractivity contribution is 5.90. The van der Waals surface area contributed by atoms with Gasteiger partial charge in [-0.2, -0.15) is 0 Å². The molecule has 178 valence electrons. The van der Waals surface area contributed by atoms with Crippen LogP contribution < -0.4 is 14.4 Å². The minimum Gasteiger partial charge on any atom is -0.454 e. The first-order valence-corrected chi connectivity index (χ1v) is 11.8. The highest BCUT2D eigenvalue weighted by Crippen LogP contribution is 2.43. The number of hydrogen-bond donors (Lipinski definition) is 0. The summed E-state index contributed by atoms with van der Waals surface area (Å²) in [5.74, 6) is 1.45. The van der Waals surface area contributed by atoms with E-state index in [0.717, 1.165) is 72.6 Å². The van der Waals surface area contributed by atoms with Crippen LogP contribution in [0, 0.1) is 5.82 Å². The van der Waals surface area contributed by atoms with Crippen LogP contribution in [-0.2, 0) is 11.2 Å². The van der Waals surface area contributed by atoms with E-state index in [9.17, 15) is 9.18 Å². The number of benzene rings is 2. The molecule has 0 spiro atoms. The van der Waals surface area contributed by atoms with Gasteiger partial charge in [0.05, 0.1) is 11.4 Å². The van der Waals surface area contributed by atoms with Crippen LogP contribution in [0.3, 0.4) is 0 Å². The van der Waals surface area contributed by atoms with E-state index in [2.05, 4.69) is 10.1 Å². The molecule has 0 N–H and O–H groups in total. The molecule has 2 aromatic carbocycles. The van der Waals surface area contributed by atoms with Crippen LogP contribution in [0.25, 0.3) is 11.0 Å². The van der Waals surface area contributed by atoms with Crippen LogP contribution in [0.15, 0.2) is 34.9 Å². The van der Waals surface area contributed by atoms with E-state index in [4.69, 9.17) is 18.7 Å². The van der Waals surface area contributed by atoms with Crippen molar-refractivity contribution in [1.82, 2.24) is 10.1 Å². The number of carbonyl (C=O) groups excluding carboxylic acids is 1. The molecule has 0 bridgehead atoms. The quantitative estimate of drug-likeness (QED) is 0.561. The van der Waals surface area contributed by atoms with Crippen LogP contribution in [0.4, 0.5) is 14.9 Å². The lowest BCUT2D eigenvalue weighted by atomic mass is 9.91. The van der Waals surface area contributed by atoms with Gasteiger partial charge in [-0.25, -0.2) is 9.18 Å². The maximum atomic E-state index is 13.4. The third kappa shape index (κ3) is 3.83. The number of fused-ring (bicyclic) bond motifs is 4. The molecule has 3 aromatic rings. The largest absolute Gasteiger partial charge is 0.454 e. The molecule has 1 amide bonds. The summed E-state index contributed by atoms with van der Waals surface area (Å²) in [4.78, 5) is 16.8. The summed E-state index contributed by atoms with van der Waals surface area (Å²) in [6.07, 6.45) is 3.25. The van der Waals surface area contributed by atoms with E-state index in [1.807, 2.05) is 12.1 Å². The maximum Gasteiger partial charge on any atom is 0.414 e. The van der Waals surface area contributed by atoms with Gasteiger partial charge < -0.3 is 18.7 Å². The van der Waals surface area contributed by atoms with Crippen LogP contribution in [0.1, 0.15) is 36.4 Å². The molecule has 8 nitrogen and oxygen atoms in total. The van der Waals surface area contributed by atoms with Gasteiger partial charge in [-0.1, -0.05) is 5.16 Å². The number of piperidine rings is 1. The summed E-state index contributed by atoms with van der Waals surface area (Å²) >= 11 is 0. The fraction of sp³-hybridized carbons (Fsp3) is 0.440. The molecule has 4 heterocycles. The molecule has 6 rings (SSSR count). The van der Waals surface area contributed by atoms with Gasteiger partial charge in [0.1, 0.15) is 12.4 Å². The van der Waals surface area contributed by atoms with Crippen molar-refractivity contribution < 1.29 is 27.9 Å². The number of carbonyl (C=O) groups is 1. The first kappa shape index (κ1) is 21.2. The molecule has 0 unspecified atom stereocenters. The topological polar surface area (TPSA) is 77.3 Å². The normalized spacial score (nSPS) is 18.3. The summed E-state index contributed by atoms with van der Waals surface area (Å²) in [6.45, 7) is 3.64. The Morgan fingerprint density at radius 1 is 1.15 bits per heavy atom. The summed E-state index contributed by atoms with van der Waals surface area (Å²) in [6, 6.07) is 8.33. The Kier molecular flexibility index (Phi) is 5.49. The second-order valence-electron chi connectivity index (χ2n) is 8.99. The van der Waals surface area contributed by atoms with Gasteiger partial charge in [-0.3, -0.25) is 9.80 Å². The average Bonchev–Trinajstić information content (AvgIpc) is 3.51. The Hall–Kier alpha value is -3.33. The van der Waals surface area contributed by atoms with Crippen molar-refractivity contribution in [3.63, 3.8) is 0 Å². The standard InChI is InChI=1S/C25H26FN3O5/c26-17-3-4-19-22(14-17)34-27-23(19)16-7-10-28(11-8-16)12-13-31-25(30)29-9-1-2-18-20(29)5-6-21-24(18)33-15-32-21/h3-6,14,16H,1-2,7-13,15H2. The van der Waals surface area contributed by atoms with E-state index < -0.39 is 0 Å². The Balaban J connectivity index is 1.02. The molecule has 9 heteroatoms. The molecule has 3 aliphatic rings. The second-order valence-corrected chi connectivity index (χ2v) is 8.99. The lowest BCUT2D eigenvalue weighted by Gasteiger charge is -2.32. The molecule has 1 fully saturated rings. The molecular weight excluding hydrogens is 441 g/mol. The Morgan fingerprint density at radius 3 is 2.91 bits per heavy atom. The number of aromatic nitrogens is 1. The maximum absolute atomic E-state index is 13.4. The molecule has 3 aliphatic heterocycles. The minimum atomic E-state index is -0.323. The van der Waals surface area contributed by atoms with Gasteiger partial charge >= 0.3 is 6.09 Å². The fourth-order valence-electron chi connectivity index (χ4n) is 5.23. The fourth-order valence-corrected chi connectivity index (χ4v) is 5.23.